The Hall–Kier alpha value is -1.18. The van der Waals surface area contributed by atoms with E-state index in [4.69, 9.17) is 5.11 Å². The first-order chi connectivity index (χ1) is 9.56. The highest BCUT2D eigenvalue weighted by molar-refractivity contribution is 9.11. The van der Waals surface area contributed by atoms with Gasteiger partial charge >= 0.3 is 5.97 Å². The molecule has 2 N–H and O–H groups in total. The zero-order valence-corrected chi connectivity index (χ0v) is 14.6. The molecule has 0 aliphatic carbocycles. The van der Waals surface area contributed by atoms with Gasteiger partial charge in [0, 0.05) is 11.0 Å². The lowest BCUT2D eigenvalue weighted by Gasteiger charge is -2.17. The van der Waals surface area contributed by atoms with Crippen molar-refractivity contribution < 1.29 is 18.3 Å². The Morgan fingerprint density at radius 1 is 1.33 bits per heavy atom. The molecule has 0 fully saturated rings. The standard InChI is InChI=1S/C14H18BrNO4S/c1-8-5-9(2)14(11(4)12(8)6-13(17)18)21(19,20)16-7-10(3)15/h5,16H,3,6-7H2,1-2,4H3,(H,17,18). The molecular formula is C14H18BrNO4S. The molecule has 0 unspecified atom stereocenters. The van der Waals surface area contributed by atoms with Crippen LogP contribution in [0.1, 0.15) is 22.3 Å². The molecule has 0 bridgehead atoms. The van der Waals surface area contributed by atoms with E-state index >= 15 is 0 Å². The SMILES string of the molecule is C=C(Br)CNS(=O)(=O)c1c(C)cc(C)c(CC(=O)O)c1C. The molecule has 5 nitrogen and oxygen atoms in total. The fourth-order valence-corrected chi connectivity index (χ4v) is 4.13. The van der Waals surface area contributed by atoms with E-state index in [1.165, 1.54) is 0 Å². The summed E-state index contributed by atoms with van der Waals surface area (Å²) in [5.74, 6) is -0.991. The maximum absolute atomic E-state index is 12.4. The van der Waals surface area contributed by atoms with Crippen LogP contribution in [0.25, 0.3) is 0 Å². The summed E-state index contributed by atoms with van der Waals surface area (Å²) in [5, 5.41) is 8.97. The van der Waals surface area contributed by atoms with Gasteiger partial charge in [0.15, 0.2) is 0 Å². The predicted molar refractivity (Wildman–Crippen MR) is 85.2 cm³/mol. The first kappa shape index (κ1) is 17.9. The fourth-order valence-electron chi connectivity index (χ4n) is 2.29. The molecule has 21 heavy (non-hydrogen) atoms. The molecule has 0 aliphatic rings. The molecule has 0 heterocycles. The highest BCUT2D eigenvalue weighted by Gasteiger charge is 2.23. The van der Waals surface area contributed by atoms with Crippen LogP contribution in [-0.4, -0.2) is 26.0 Å². The minimum Gasteiger partial charge on any atom is -0.481 e. The number of hydrogen-bond donors (Lipinski definition) is 2. The van der Waals surface area contributed by atoms with Crippen LogP contribution < -0.4 is 4.72 Å². The minimum absolute atomic E-state index is 0.0728. The Kier molecular flexibility index (Phi) is 5.72. The van der Waals surface area contributed by atoms with Gasteiger partial charge in [0.1, 0.15) is 0 Å². The van der Waals surface area contributed by atoms with Crippen molar-refractivity contribution in [3.63, 3.8) is 0 Å². The first-order valence-corrected chi connectivity index (χ1v) is 8.48. The molecule has 0 aliphatic heterocycles. The lowest BCUT2D eigenvalue weighted by molar-refractivity contribution is -0.136. The first-order valence-electron chi connectivity index (χ1n) is 6.20. The van der Waals surface area contributed by atoms with Crippen LogP contribution in [0.3, 0.4) is 0 Å². The van der Waals surface area contributed by atoms with Crippen molar-refractivity contribution in [3.05, 3.63) is 39.4 Å². The van der Waals surface area contributed by atoms with Gasteiger partial charge in [-0.2, -0.15) is 0 Å². The topological polar surface area (TPSA) is 83.5 Å². The molecule has 0 spiro atoms. The van der Waals surface area contributed by atoms with E-state index in [1.807, 2.05) is 0 Å². The molecule has 1 aromatic carbocycles. The molecule has 1 rings (SSSR count). The molecule has 7 heteroatoms. The van der Waals surface area contributed by atoms with Crippen LogP contribution in [0.5, 0.6) is 0 Å². The third-order valence-electron chi connectivity index (χ3n) is 3.11. The Labute approximate surface area is 133 Å². The molecule has 0 amide bonds. The molecule has 1 aromatic rings. The molecule has 0 atom stereocenters. The second-order valence-corrected chi connectivity index (χ2v) is 7.68. The maximum Gasteiger partial charge on any atom is 0.307 e. The summed E-state index contributed by atoms with van der Waals surface area (Å²) in [6.45, 7) is 8.76. The molecule has 0 saturated heterocycles. The smallest absolute Gasteiger partial charge is 0.307 e. The van der Waals surface area contributed by atoms with Gasteiger partial charge in [0.05, 0.1) is 11.3 Å². The van der Waals surface area contributed by atoms with Crippen molar-refractivity contribution in [2.75, 3.05) is 6.54 Å². The highest BCUT2D eigenvalue weighted by atomic mass is 79.9. The number of aryl methyl sites for hydroxylation is 2. The average Bonchev–Trinajstić information content (AvgIpc) is 2.31. The van der Waals surface area contributed by atoms with Gasteiger partial charge in [-0.25, -0.2) is 13.1 Å². The van der Waals surface area contributed by atoms with Crippen molar-refractivity contribution in [1.82, 2.24) is 4.72 Å². The quantitative estimate of drug-likeness (QED) is 0.799. The van der Waals surface area contributed by atoms with Crippen molar-refractivity contribution in [1.29, 1.82) is 0 Å². The molecule has 116 valence electrons. The van der Waals surface area contributed by atoms with Crippen LogP contribution in [0, 0.1) is 20.8 Å². The second-order valence-electron chi connectivity index (χ2n) is 4.86. The molecule has 0 aromatic heterocycles. The zero-order chi connectivity index (χ0) is 16.4. The van der Waals surface area contributed by atoms with E-state index in [9.17, 15) is 13.2 Å². The second kappa shape index (κ2) is 6.72. The van der Waals surface area contributed by atoms with Gasteiger partial charge < -0.3 is 5.11 Å². The van der Waals surface area contributed by atoms with Crippen LogP contribution in [0.2, 0.25) is 0 Å². The fraction of sp³-hybridized carbons (Fsp3) is 0.357. The van der Waals surface area contributed by atoms with Crippen LogP contribution in [0.4, 0.5) is 0 Å². The molecule has 0 saturated carbocycles. The normalized spacial score (nSPS) is 11.4. The van der Waals surface area contributed by atoms with Crippen molar-refractivity contribution in [2.45, 2.75) is 32.1 Å². The average molecular weight is 376 g/mol. The van der Waals surface area contributed by atoms with Crippen molar-refractivity contribution >= 4 is 31.9 Å². The number of aliphatic carboxylic acids is 1. The summed E-state index contributed by atoms with van der Waals surface area (Å²) in [6.07, 6.45) is -0.203. The van der Waals surface area contributed by atoms with Crippen LogP contribution >= 0.6 is 15.9 Å². The van der Waals surface area contributed by atoms with Gasteiger partial charge in [-0.05, 0) is 43.0 Å². The number of carboxylic acids is 1. The van der Waals surface area contributed by atoms with E-state index in [-0.39, 0.29) is 17.9 Å². The van der Waals surface area contributed by atoms with E-state index in [2.05, 4.69) is 27.2 Å². The largest absolute Gasteiger partial charge is 0.481 e. The summed E-state index contributed by atoms with van der Waals surface area (Å²) in [5.41, 5.74) is 2.37. The highest BCUT2D eigenvalue weighted by Crippen LogP contribution is 2.27. The predicted octanol–water partition coefficient (Wildman–Crippen LogP) is 2.43. The summed E-state index contributed by atoms with van der Waals surface area (Å²) >= 11 is 3.10. The molecular weight excluding hydrogens is 358 g/mol. The number of rotatable bonds is 6. The number of hydrogen-bond acceptors (Lipinski definition) is 3. The molecule has 0 radical (unpaired) electrons. The Morgan fingerprint density at radius 3 is 2.38 bits per heavy atom. The third kappa shape index (κ3) is 4.39. The van der Waals surface area contributed by atoms with E-state index in [1.54, 1.807) is 26.8 Å². The summed E-state index contributed by atoms with van der Waals surface area (Å²) in [4.78, 5) is 11.1. The summed E-state index contributed by atoms with van der Waals surface area (Å²) in [6, 6.07) is 1.70. The Bertz CT molecular complexity index is 695. The van der Waals surface area contributed by atoms with Crippen molar-refractivity contribution in [3.8, 4) is 0 Å². The summed E-state index contributed by atoms with van der Waals surface area (Å²) in [7, 11) is -3.73. The monoisotopic (exact) mass is 375 g/mol. The van der Waals surface area contributed by atoms with Gasteiger partial charge in [-0.1, -0.05) is 28.6 Å². The Balaban J connectivity index is 3.42. The number of nitrogens with one attached hydrogen (secondary N) is 1. The zero-order valence-electron chi connectivity index (χ0n) is 12.2. The lowest BCUT2D eigenvalue weighted by atomic mass is 9.97. The Morgan fingerprint density at radius 2 is 1.90 bits per heavy atom. The van der Waals surface area contributed by atoms with E-state index < -0.39 is 16.0 Å². The van der Waals surface area contributed by atoms with Gasteiger partial charge in [-0.3, -0.25) is 4.79 Å². The van der Waals surface area contributed by atoms with E-state index in [0.717, 1.165) is 5.56 Å². The third-order valence-corrected chi connectivity index (χ3v) is 5.08. The van der Waals surface area contributed by atoms with E-state index in [0.29, 0.717) is 21.2 Å². The van der Waals surface area contributed by atoms with Gasteiger partial charge in [0.25, 0.3) is 0 Å². The number of halogens is 1. The van der Waals surface area contributed by atoms with Gasteiger partial charge in [0.2, 0.25) is 10.0 Å². The summed E-state index contributed by atoms with van der Waals surface area (Å²) < 4.78 is 27.8. The minimum atomic E-state index is -3.73. The number of carboxylic acid groups (broad SMARTS) is 1. The van der Waals surface area contributed by atoms with Crippen LogP contribution in [0.15, 0.2) is 22.0 Å². The number of sulfonamides is 1. The van der Waals surface area contributed by atoms with Crippen LogP contribution in [-0.2, 0) is 21.2 Å². The lowest BCUT2D eigenvalue weighted by Crippen LogP contribution is -2.27. The number of benzene rings is 1. The number of carbonyl (C=O) groups is 1. The van der Waals surface area contributed by atoms with Crippen molar-refractivity contribution in [2.24, 2.45) is 0 Å². The maximum atomic E-state index is 12.4. The van der Waals surface area contributed by atoms with Gasteiger partial charge in [-0.15, -0.1) is 0 Å².